The van der Waals surface area contributed by atoms with Crippen LogP contribution in [0, 0.1) is 5.92 Å². The Morgan fingerprint density at radius 3 is 2.33 bits per heavy atom. The third kappa shape index (κ3) is 4.15. The maximum atomic E-state index is 12.1. The van der Waals surface area contributed by atoms with Crippen molar-refractivity contribution in [2.75, 3.05) is 5.75 Å². The van der Waals surface area contributed by atoms with Crippen LogP contribution in [0.5, 0.6) is 0 Å². The first-order valence-electron chi connectivity index (χ1n) is 6.04. The summed E-state index contributed by atoms with van der Waals surface area (Å²) in [5.74, 6) is 0.419. The van der Waals surface area contributed by atoms with Gasteiger partial charge >= 0.3 is 0 Å². The van der Waals surface area contributed by atoms with E-state index in [2.05, 4.69) is 0 Å². The number of carbonyl (C=O) groups excluding carboxylic acids is 2. The van der Waals surface area contributed by atoms with Crippen molar-refractivity contribution in [1.29, 1.82) is 0 Å². The maximum Gasteiger partial charge on any atom is 0.222 e. The van der Waals surface area contributed by atoms with Gasteiger partial charge < -0.3 is 0 Å². The van der Waals surface area contributed by atoms with Crippen molar-refractivity contribution in [1.82, 2.24) is 0 Å². The van der Waals surface area contributed by atoms with Gasteiger partial charge in [0.15, 0.2) is 5.78 Å². The molecule has 0 N–H and O–H groups in total. The second kappa shape index (κ2) is 7.17. The Balaban J connectivity index is 3.08. The highest BCUT2D eigenvalue weighted by atomic mass is 32.2. The smallest absolute Gasteiger partial charge is 0.222 e. The summed E-state index contributed by atoms with van der Waals surface area (Å²) in [7, 11) is 0. The van der Waals surface area contributed by atoms with E-state index in [-0.39, 0.29) is 16.8 Å². The van der Waals surface area contributed by atoms with Crippen molar-refractivity contribution in [3.05, 3.63) is 41.5 Å². The molecular weight excluding hydrogens is 244 g/mol. The van der Waals surface area contributed by atoms with Gasteiger partial charge in [-0.3, -0.25) is 9.59 Å². The summed E-state index contributed by atoms with van der Waals surface area (Å²) in [6.07, 6.45) is 1.69. The van der Waals surface area contributed by atoms with Crippen LogP contribution in [0.4, 0.5) is 0 Å². The molecule has 0 atom stereocenters. The standard InChI is InChI=1S/C15H18O2S/c1-4-18-15(17)13(14(16)11(2)3)10-12-8-6-5-7-9-12/h5-11H,4H2,1-3H3/b13-10-. The molecule has 0 fully saturated rings. The molecule has 0 aromatic heterocycles. The number of rotatable bonds is 5. The minimum atomic E-state index is -0.165. The number of benzene rings is 1. The molecular formula is C15H18O2S. The normalized spacial score (nSPS) is 11.7. The molecule has 0 spiro atoms. The highest BCUT2D eigenvalue weighted by Gasteiger charge is 2.20. The summed E-state index contributed by atoms with van der Waals surface area (Å²) >= 11 is 1.18. The molecule has 1 aromatic carbocycles. The van der Waals surface area contributed by atoms with Crippen LogP contribution in [-0.4, -0.2) is 16.7 Å². The highest BCUT2D eigenvalue weighted by molar-refractivity contribution is 8.14. The van der Waals surface area contributed by atoms with Crippen LogP contribution in [0.1, 0.15) is 26.3 Å². The van der Waals surface area contributed by atoms with E-state index in [0.29, 0.717) is 11.3 Å². The number of carbonyl (C=O) groups is 2. The Hall–Kier alpha value is -1.35. The number of ketones is 1. The van der Waals surface area contributed by atoms with E-state index < -0.39 is 0 Å². The molecule has 0 saturated carbocycles. The molecule has 0 heterocycles. The summed E-state index contributed by atoms with van der Waals surface area (Å²) in [5, 5.41) is -0.139. The number of thioether (sulfide) groups is 1. The lowest BCUT2D eigenvalue weighted by Gasteiger charge is -2.07. The summed E-state index contributed by atoms with van der Waals surface area (Å²) in [4.78, 5) is 24.0. The summed E-state index contributed by atoms with van der Waals surface area (Å²) in [5.41, 5.74) is 1.18. The zero-order valence-electron chi connectivity index (χ0n) is 11.0. The Bertz CT molecular complexity index is 447. The molecule has 0 aliphatic rings. The summed E-state index contributed by atoms with van der Waals surface area (Å²) in [6, 6.07) is 9.46. The molecule has 1 aromatic rings. The minimum Gasteiger partial charge on any atom is -0.294 e. The second-order valence-corrected chi connectivity index (χ2v) is 5.44. The predicted molar refractivity (Wildman–Crippen MR) is 77.4 cm³/mol. The largest absolute Gasteiger partial charge is 0.294 e. The average Bonchev–Trinajstić information content (AvgIpc) is 2.36. The maximum absolute atomic E-state index is 12.1. The molecule has 18 heavy (non-hydrogen) atoms. The molecule has 0 aliphatic carbocycles. The third-order valence-electron chi connectivity index (χ3n) is 2.40. The van der Waals surface area contributed by atoms with Gasteiger partial charge in [0.05, 0.1) is 5.57 Å². The van der Waals surface area contributed by atoms with E-state index in [1.165, 1.54) is 11.8 Å². The van der Waals surface area contributed by atoms with Crippen LogP contribution in [0.15, 0.2) is 35.9 Å². The Morgan fingerprint density at radius 1 is 1.22 bits per heavy atom. The van der Waals surface area contributed by atoms with Gasteiger partial charge in [-0.1, -0.05) is 62.9 Å². The molecule has 0 radical (unpaired) electrons. The van der Waals surface area contributed by atoms with Crippen molar-refractivity contribution in [3.8, 4) is 0 Å². The van der Waals surface area contributed by atoms with Crippen molar-refractivity contribution >= 4 is 28.7 Å². The van der Waals surface area contributed by atoms with E-state index >= 15 is 0 Å². The molecule has 0 aliphatic heterocycles. The third-order valence-corrected chi connectivity index (χ3v) is 3.17. The monoisotopic (exact) mass is 262 g/mol. The van der Waals surface area contributed by atoms with Gasteiger partial charge in [0.1, 0.15) is 0 Å². The fourth-order valence-electron chi connectivity index (χ4n) is 1.47. The van der Waals surface area contributed by atoms with Crippen LogP contribution in [0.3, 0.4) is 0 Å². The van der Waals surface area contributed by atoms with Crippen molar-refractivity contribution in [2.24, 2.45) is 5.92 Å². The van der Waals surface area contributed by atoms with E-state index in [0.717, 1.165) is 5.56 Å². The first-order valence-corrected chi connectivity index (χ1v) is 7.03. The van der Waals surface area contributed by atoms with Crippen molar-refractivity contribution in [3.63, 3.8) is 0 Å². The lowest BCUT2D eigenvalue weighted by molar-refractivity contribution is -0.120. The molecule has 0 bridgehead atoms. The van der Waals surface area contributed by atoms with Gasteiger partial charge in [-0.15, -0.1) is 0 Å². The van der Waals surface area contributed by atoms with Crippen molar-refractivity contribution < 1.29 is 9.59 Å². The zero-order chi connectivity index (χ0) is 13.5. The SMILES string of the molecule is CCSC(=O)/C(=C\c1ccccc1)C(=O)C(C)C. The summed E-state index contributed by atoms with van der Waals surface area (Å²) < 4.78 is 0. The van der Waals surface area contributed by atoms with Crippen LogP contribution < -0.4 is 0 Å². The first kappa shape index (κ1) is 14.7. The lowest BCUT2D eigenvalue weighted by Crippen LogP contribution is -2.16. The topological polar surface area (TPSA) is 34.1 Å². The second-order valence-electron chi connectivity index (χ2n) is 4.21. The van der Waals surface area contributed by atoms with E-state index in [1.807, 2.05) is 51.1 Å². The first-order chi connectivity index (χ1) is 8.56. The van der Waals surface area contributed by atoms with Crippen LogP contribution in [0.25, 0.3) is 6.08 Å². The van der Waals surface area contributed by atoms with Crippen LogP contribution >= 0.6 is 11.8 Å². The minimum absolute atomic E-state index is 0.0928. The molecule has 2 nitrogen and oxygen atoms in total. The summed E-state index contributed by atoms with van der Waals surface area (Å²) in [6.45, 7) is 5.53. The Labute approximate surface area is 112 Å². The van der Waals surface area contributed by atoms with Gasteiger partial charge in [-0.25, -0.2) is 0 Å². The number of hydrogen-bond donors (Lipinski definition) is 0. The lowest BCUT2D eigenvalue weighted by atomic mass is 10.00. The molecule has 1 rings (SSSR count). The predicted octanol–water partition coefficient (Wildman–Crippen LogP) is 3.57. The fraction of sp³-hybridized carbons (Fsp3) is 0.333. The van der Waals surface area contributed by atoms with Gasteiger partial charge in [0.25, 0.3) is 0 Å². The average molecular weight is 262 g/mol. The Kier molecular flexibility index (Phi) is 5.86. The van der Waals surface area contributed by atoms with Crippen LogP contribution in [-0.2, 0) is 9.59 Å². The fourth-order valence-corrected chi connectivity index (χ4v) is 2.04. The molecule has 0 amide bonds. The molecule has 0 unspecified atom stereocenters. The van der Waals surface area contributed by atoms with Gasteiger partial charge in [-0.05, 0) is 17.4 Å². The van der Waals surface area contributed by atoms with Crippen LogP contribution in [0.2, 0.25) is 0 Å². The number of Topliss-reactive ketones (excluding diaryl/α,β-unsaturated/α-hetero) is 1. The van der Waals surface area contributed by atoms with E-state index in [9.17, 15) is 9.59 Å². The highest BCUT2D eigenvalue weighted by Crippen LogP contribution is 2.18. The van der Waals surface area contributed by atoms with E-state index in [4.69, 9.17) is 0 Å². The van der Waals surface area contributed by atoms with Gasteiger partial charge in [-0.2, -0.15) is 0 Å². The molecule has 0 saturated heterocycles. The molecule has 3 heteroatoms. The number of hydrogen-bond acceptors (Lipinski definition) is 3. The van der Waals surface area contributed by atoms with Crippen molar-refractivity contribution in [2.45, 2.75) is 20.8 Å². The van der Waals surface area contributed by atoms with Gasteiger partial charge in [0.2, 0.25) is 5.12 Å². The van der Waals surface area contributed by atoms with E-state index in [1.54, 1.807) is 6.08 Å². The van der Waals surface area contributed by atoms with Gasteiger partial charge in [0, 0.05) is 5.92 Å². The quantitative estimate of drug-likeness (QED) is 0.462. The Morgan fingerprint density at radius 2 is 1.83 bits per heavy atom. The molecule has 96 valence electrons. The zero-order valence-corrected chi connectivity index (χ0v) is 11.8.